The van der Waals surface area contributed by atoms with Crippen molar-refractivity contribution in [2.45, 2.75) is 44.6 Å². The summed E-state index contributed by atoms with van der Waals surface area (Å²) in [6.07, 6.45) is 4.44. The van der Waals surface area contributed by atoms with Gasteiger partial charge in [0, 0.05) is 6.42 Å². The Morgan fingerprint density at radius 3 is 2.53 bits per heavy atom. The van der Waals surface area contributed by atoms with E-state index in [0.717, 1.165) is 31.2 Å². The van der Waals surface area contributed by atoms with E-state index in [1.54, 1.807) is 12.1 Å². The highest BCUT2D eigenvalue weighted by atomic mass is 19.1. The van der Waals surface area contributed by atoms with Crippen LogP contribution in [0.25, 0.3) is 0 Å². The molecule has 1 aromatic carbocycles. The third-order valence-corrected chi connectivity index (χ3v) is 3.28. The molecule has 0 unspecified atom stereocenters. The number of halogens is 1. The van der Waals surface area contributed by atoms with Crippen molar-refractivity contribution in [1.29, 1.82) is 0 Å². The zero-order valence-electron chi connectivity index (χ0n) is 10.1. The van der Waals surface area contributed by atoms with Gasteiger partial charge in [-0.3, -0.25) is 4.79 Å². The van der Waals surface area contributed by atoms with Crippen LogP contribution >= 0.6 is 0 Å². The molecule has 92 valence electrons. The molecule has 3 heteroatoms. The van der Waals surface area contributed by atoms with Crippen LogP contribution in [0.4, 0.5) is 4.39 Å². The fourth-order valence-corrected chi connectivity index (χ4v) is 2.05. The molecule has 1 saturated carbocycles. The highest BCUT2D eigenvalue weighted by molar-refractivity contribution is 5.77. The van der Waals surface area contributed by atoms with E-state index in [2.05, 4.69) is 12.2 Å². The van der Waals surface area contributed by atoms with Gasteiger partial charge >= 0.3 is 0 Å². The Bertz CT molecular complexity index is 395. The maximum atomic E-state index is 12.8. The molecule has 1 aliphatic rings. The van der Waals surface area contributed by atoms with Crippen molar-refractivity contribution in [2.24, 2.45) is 0 Å². The summed E-state index contributed by atoms with van der Waals surface area (Å²) in [6, 6.07) is 6.44. The number of hydrogen-bond donors (Lipinski definition) is 1. The molecular formula is C14H18FNO. The molecule has 0 saturated heterocycles. The summed E-state index contributed by atoms with van der Waals surface area (Å²) in [5.74, 6) is -0.129. The van der Waals surface area contributed by atoms with Gasteiger partial charge in [-0.05, 0) is 37.0 Å². The summed E-state index contributed by atoms with van der Waals surface area (Å²) in [5, 5.41) is 3.08. The smallest absolute Gasteiger partial charge is 0.220 e. The van der Waals surface area contributed by atoms with Gasteiger partial charge in [-0.1, -0.05) is 25.5 Å². The van der Waals surface area contributed by atoms with E-state index in [1.807, 2.05) is 0 Å². The summed E-state index contributed by atoms with van der Waals surface area (Å²) < 4.78 is 12.8. The molecule has 0 heterocycles. The second kappa shape index (κ2) is 4.86. The molecule has 0 spiro atoms. The molecular weight excluding hydrogens is 217 g/mol. The number of nitrogens with one attached hydrogen (secondary N) is 1. The van der Waals surface area contributed by atoms with E-state index in [1.165, 1.54) is 12.1 Å². The van der Waals surface area contributed by atoms with Crippen molar-refractivity contribution in [3.05, 3.63) is 35.6 Å². The van der Waals surface area contributed by atoms with Crippen molar-refractivity contribution in [3.8, 4) is 0 Å². The highest BCUT2D eigenvalue weighted by Gasteiger charge is 2.45. The standard InChI is InChI=1S/C14H18FNO/c1-2-3-4-13(17)16-14(9-10-14)11-5-7-12(15)8-6-11/h5-8H,2-4,9-10H2,1H3,(H,16,17). The molecule has 17 heavy (non-hydrogen) atoms. The van der Waals surface area contributed by atoms with E-state index in [0.29, 0.717) is 6.42 Å². The number of benzene rings is 1. The van der Waals surface area contributed by atoms with E-state index in [4.69, 9.17) is 0 Å². The Balaban J connectivity index is 2.00. The predicted molar refractivity (Wildman–Crippen MR) is 65.0 cm³/mol. The van der Waals surface area contributed by atoms with Crippen LogP contribution in [0.1, 0.15) is 44.6 Å². The topological polar surface area (TPSA) is 29.1 Å². The Labute approximate surface area is 101 Å². The summed E-state index contributed by atoms with van der Waals surface area (Å²) >= 11 is 0. The highest BCUT2D eigenvalue weighted by Crippen LogP contribution is 2.45. The number of carbonyl (C=O) groups is 1. The number of carbonyl (C=O) groups excluding carboxylic acids is 1. The minimum atomic E-state index is -0.234. The summed E-state index contributed by atoms with van der Waals surface area (Å²) in [5.41, 5.74) is 0.808. The molecule has 0 bridgehead atoms. The quantitative estimate of drug-likeness (QED) is 0.834. The molecule has 1 aliphatic carbocycles. The van der Waals surface area contributed by atoms with Gasteiger partial charge in [0.15, 0.2) is 0 Å². The third-order valence-electron chi connectivity index (χ3n) is 3.28. The van der Waals surface area contributed by atoms with Crippen LogP contribution in [-0.4, -0.2) is 5.91 Å². The lowest BCUT2D eigenvalue weighted by Crippen LogP contribution is -2.34. The first-order valence-corrected chi connectivity index (χ1v) is 6.23. The van der Waals surface area contributed by atoms with Crippen LogP contribution in [0.5, 0.6) is 0 Å². The van der Waals surface area contributed by atoms with Crippen molar-refractivity contribution in [2.75, 3.05) is 0 Å². The fraction of sp³-hybridized carbons (Fsp3) is 0.500. The molecule has 0 aromatic heterocycles. The Hall–Kier alpha value is -1.38. The van der Waals surface area contributed by atoms with Crippen molar-refractivity contribution in [3.63, 3.8) is 0 Å². The lowest BCUT2D eigenvalue weighted by molar-refractivity contribution is -0.122. The molecule has 2 nitrogen and oxygen atoms in total. The van der Waals surface area contributed by atoms with Crippen LogP contribution in [0, 0.1) is 5.82 Å². The van der Waals surface area contributed by atoms with Crippen molar-refractivity contribution in [1.82, 2.24) is 5.32 Å². The van der Waals surface area contributed by atoms with E-state index < -0.39 is 0 Å². The molecule has 1 N–H and O–H groups in total. The normalized spacial score (nSPS) is 16.6. The molecule has 0 aliphatic heterocycles. The van der Waals surface area contributed by atoms with Gasteiger partial charge < -0.3 is 5.32 Å². The Kier molecular flexibility index (Phi) is 3.46. The largest absolute Gasteiger partial charge is 0.347 e. The van der Waals surface area contributed by atoms with Crippen LogP contribution < -0.4 is 5.32 Å². The molecule has 1 fully saturated rings. The lowest BCUT2D eigenvalue weighted by Gasteiger charge is -2.18. The monoisotopic (exact) mass is 235 g/mol. The summed E-state index contributed by atoms with van der Waals surface area (Å²) in [7, 11) is 0. The number of amides is 1. The molecule has 1 aromatic rings. The first-order valence-electron chi connectivity index (χ1n) is 6.23. The number of unbranched alkanes of at least 4 members (excludes halogenated alkanes) is 1. The second-order valence-electron chi connectivity index (χ2n) is 4.74. The zero-order chi connectivity index (χ0) is 12.3. The second-order valence-corrected chi connectivity index (χ2v) is 4.74. The van der Waals surface area contributed by atoms with Gasteiger partial charge in [0.2, 0.25) is 5.91 Å². The van der Waals surface area contributed by atoms with Gasteiger partial charge in [-0.15, -0.1) is 0 Å². The van der Waals surface area contributed by atoms with E-state index >= 15 is 0 Å². The third kappa shape index (κ3) is 2.84. The maximum Gasteiger partial charge on any atom is 0.220 e. The minimum absolute atomic E-state index is 0.105. The van der Waals surface area contributed by atoms with Crippen LogP contribution in [0.2, 0.25) is 0 Å². The van der Waals surface area contributed by atoms with Gasteiger partial charge in [0.1, 0.15) is 5.82 Å². The molecule has 2 rings (SSSR count). The molecule has 0 atom stereocenters. The Morgan fingerprint density at radius 2 is 2.00 bits per heavy atom. The fourth-order valence-electron chi connectivity index (χ4n) is 2.05. The van der Waals surface area contributed by atoms with Gasteiger partial charge in [-0.25, -0.2) is 4.39 Å². The first-order chi connectivity index (χ1) is 8.16. The molecule has 1 amide bonds. The number of rotatable bonds is 5. The molecule has 0 radical (unpaired) electrons. The van der Waals surface area contributed by atoms with E-state index in [9.17, 15) is 9.18 Å². The summed E-state index contributed by atoms with van der Waals surface area (Å²) in [4.78, 5) is 11.7. The van der Waals surface area contributed by atoms with Crippen LogP contribution in [0.3, 0.4) is 0 Å². The average Bonchev–Trinajstić information content (AvgIpc) is 3.08. The van der Waals surface area contributed by atoms with Gasteiger partial charge in [0.25, 0.3) is 0 Å². The van der Waals surface area contributed by atoms with Crippen LogP contribution in [0.15, 0.2) is 24.3 Å². The van der Waals surface area contributed by atoms with Gasteiger partial charge in [0.05, 0.1) is 5.54 Å². The summed E-state index contributed by atoms with van der Waals surface area (Å²) in [6.45, 7) is 2.07. The lowest BCUT2D eigenvalue weighted by atomic mass is 10.0. The van der Waals surface area contributed by atoms with Crippen molar-refractivity contribution < 1.29 is 9.18 Å². The maximum absolute atomic E-state index is 12.8. The minimum Gasteiger partial charge on any atom is -0.347 e. The average molecular weight is 235 g/mol. The zero-order valence-corrected chi connectivity index (χ0v) is 10.1. The van der Waals surface area contributed by atoms with E-state index in [-0.39, 0.29) is 17.3 Å². The van der Waals surface area contributed by atoms with Gasteiger partial charge in [-0.2, -0.15) is 0 Å². The van der Waals surface area contributed by atoms with Crippen LogP contribution in [-0.2, 0) is 10.3 Å². The number of hydrogen-bond acceptors (Lipinski definition) is 1. The Morgan fingerprint density at radius 1 is 1.35 bits per heavy atom. The predicted octanol–water partition coefficient (Wildman–Crippen LogP) is 3.12. The first kappa shape index (κ1) is 12.1. The SMILES string of the molecule is CCCCC(=O)NC1(c2ccc(F)cc2)CC1. The van der Waals surface area contributed by atoms with Crippen molar-refractivity contribution >= 4 is 5.91 Å².